The molecule has 1 saturated carbocycles. The number of ether oxygens (including phenoxy) is 2. The van der Waals surface area contributed by atoms with Gasteiger partial charge >= 0.3 is 0 Å². The van der Waals surface area contributed by atoms with Gasteiger partial charge in [-0.05, 0) is 65.9 Å². The first kappa shape index (κ1) is 24.6. The predicted molar refractivity (Wildman–Crippen MR) is 144 cm³/mol. The molecule has 0 heterocycles. The molecule has 7 heteroatoms. The Morgan fingerprint density at radius 3 is 2.28 bits per heavy atom. The Morgan fingerprint density at radius 1 is 0.917 bits per heavy atom. The van der Waals surface area contributed by atoms with E-state index in [9.17, 15) is 9.59 Å². The van der Waals surface area contributed by atoms with Crippen LogP contribution in [-0.2, 0) is 9.59 Å². The second kappa shape index (κ2) is 11.3. The zero-order valence-electron chi connectivity index (χ0n) is 20.3. The van der Waals surface area contributed by atoms with Crippen molar-refractivity contribution in [1.82, 2.24) is 5.32 Å². The fourth-order valence-electron chi connectivity index (χ4n) is 3.60. The van der Waals surface area contributed by atoms with Gasteiger partial charge in [-0.1, -0.05) is 42.5 Å². The summed E-state index contributed by atoms with van der Waals surface area (Å²) in [4.78, 5) is 25.3. The van der Waals surface area contributed by atoms with Crippen LogP contribution in [0.4, 0.5) is 11.4 Å². The van der Waals surface area contributed by atoms with Crippen LogP contribution in [0.5, 0.6) is 11.5 Å². The third kappa shape index (κ3) is 6.33. The first-order chi connectivity index (χ1) is 17.5. The average molecular weight is 484 g/mol. The summed E-state index contributed by atoms with van der Waals surface area (Å²) >= 11 is 0. The quantitative estimate of drug-likeness (QED) is 0.231. The fraction of sp³-hybridized carbons (Fsp3) is 0.172. The van der Waals surface area contributed by atoms with Crippen molar-refractivity contribution in [2.75, 3.05) is 25.3 Å². The van der Waals surface area contributed by atoms with Gasteiger partial charge in [-0.2, -0.15) is 0 Å². The van der Waals surface area contributed by atoms with Gasteiger partial charge in [0, 0.05) is 17.7 Å². The lowest BCUT2D eigenvalue weighted by molar-refractivity contribution is -0.115. The van der Waals surface area contributed by atoms with E-state index in [0.717, 1.165) is 29.5 Å². The second-order valence-corrected chi connectivity index (χ2v) is 8.45. The summed E-state index contributed by atoms with van der Waals surface area (Å²) in [5.74, 6) is 0.740. The number of nitrogen functional groups attached to an aromatic ring is 1. The average Bonchev–Trinajstić information content (AvgIpc) is 3.71. The van der Waals surface area contributed by atoms with Gasteiger partial charge in [-0.15, -0.1) is 0 Å². The molecule has 0 aliphatic heterocycles. The Bertz CT molecular complexity index is 1310. The van der Waals surface area contributed by atoms with E-state index in [1.54, 1.807) is 44.6 Å². The zero-order valence-corrected chi connectivity index (χ0v) is 20.3. The summed E-state index contributed by atoms with van der Waals surface area (Å²) in [5.41, 5.74) is 9.90. The van der Waals surface area contributed by atoms with Crippen LogP contribution in [0.25, 0.3) is 17.7 Å². The maximum atomic E-state index is 13.1. The van der Waals surface area contributed by atoms with Gasteiger partial charge in [0.1, 0.15) is 0 Å². The molecule has 3 aromatic carbocycles. The van der Waals surface area contributed by atoms with Crippen molar-refractivity contribution in [3.05, 3.63) is 89.5 Å². The van der Waals surface area contributed by atoms with Crippen LogP contribution in [-0.4, -0.2) is 32.1 Å². The maximum Gasteiger partial charge on any atom is 0.252 e. The van der Waals surface area contributed by atoms with Crippen LogP contribution < -0.4 is 25.8 Å². The Labute approximate surface area is 210 Å². The van der Waals surface area contributed by atoms with E-state index in [1.807, 2.05) is 48.5 Å². The molecule has 4 N–H and O–H groups in total. The molecule has 1 aliphatic carbocycles. The van der Waals surface area contributed by atoms with Gasteiger partial charge < -0.3 is 25.8 Å². The van der Waals surface area contributed by atoms with Crippen molar-refractivity contribution in [3.63, 3.8) is 0 Å². The molecule has 0 aromatic heterocycles. The summed E-state index contributed by atoms with van der Waals surface area (Å²) in [5, 5.41) is 5.83. The van der Waals surface area contributed by atoms with Crippen LogP contribution in [0.3, 0.4) is 0 Å². The number of para-hydroxylation sites is 2. The number of nitrogens with two attached hydrogens (primary N) is 1. The van der Waals surface area contributed by atoms with Crippen LogP contribution >= 0.6 is 0 Å². The van der Waals surface area contributed by atoms with Gasteiger partial charge in [0.15, 0.2) is 11.5 Å². The third-order valence-electron chi connectivity index (χ3n) is 5.75. The molecule has 1 aliphatic rings. The maximum absolute atomic E-state index is 13.1. The van der Waals surface area contributed by atoms with E-state index >= 15 is 0 Å². The lowest BCUT2D eigenvalue weighted by atomic mass is 10.0. The largest absolute Gasteiger partial charge is 0.493 e. The molecule has 3 aromatic rings. The standard InChI is InChI=1S/C29H29N3O4/c1-35-26-15-12-21(18-27(26)36-2)23(29(34)31-22-13-14-22)17-20-9-7-19(8-10-20)11-16-28(33)32-25-6-4-3-5-24(25)30/h3-12,15-18,22H,13-14,30H2,1-2H3,(H,31,34)(H,32,33)/b16-11+,23-17+. The Balaban J connectivity index is 1.53. The number of hydrogen-bond acceptors (Lipinski definition) is 5. The number of nitrogens with one attached hydrogen (secondary N) is 2. The number of carbonyl (C=O) groups excluding carboxylic acids is 2. The van der Waals surface area contributed by atoms with Gasteiger partial charge in [0.05, 0.1) is 25.6 Å². The summed E-state index contributed by atoms with van der Waals surface area (Å²) in [6.07, 6.45) is 7.01. The highest BCUT2D eigenvalue weighted by molar-refractivity contribution is 6.24. The van der Waals surface area contributed by atoms with Crippen molar-refractivity contribution in [3.8, 4) is 11.5 Å². The molecule has 0 bridgehead atoms. The van der Waals surface area contributed by atoms with E-state index in [2.05, 4.69) is 10.6 Å². The summed E-state index contributed by atoms with van der Waals surface area (Å²) in [6, 6.07) is 20.3. The van der Waals surface area contributed by atoms with Crippen LogP contribution in [0.2, 0.25) is 0 Å². The van der Waals surface area contributed by atoms with Crippen LogP contribution in [0.1, 0.15) is 29.5 Å². The molecule has 184 valence electrons. The van der Waals surface area contributed by atoms with E-state index in [0.29, 0.717) is 28.4 Å². The van der Waals surface area contributed by atoms with Crippen LogP contribution in [0.15, 0.2) is 72.8 Å². The molecular formula is C29H29N3O4. The van der Waals surface area contributed by atoms with E-state index in [4.69, 9.17) is 15.2 Å². The van der Waals surface area contributed by atoms with E-state index in [-0.39, 0.29) is 17.9 Å². The van der Waals surface area contributed by atoms with Crippen molar-refractivity contribution in [2.45, 2.75) is 18.9 Å². The highest BCUT2D eigenvalue weighted by atomic mass is 16.5. The number of rotatable bonds is 9. The highest BCUT2D eigenvalue weighted by Crippen LogP contribution is 2.32. The second-order valence-electron chi connectivity index (χ2n) is 8.45. The minimum absolute atomic E-state index is 0.134. The van der Waals surface area contributed by atoms with Crippen molar-refractivity contribution in [2.24, 2.45) is 0 Å². The van der Waals surface area contributed by atoms with Gasteiger partial charge in [-0.25, -0.2) is 0 Å². The van der Waals surface area contributed by atoms with Gasteiger partial charge in [0.25, 0.3) is 5.91 Å². The normalized spacial score (nSPS) is 13.3. The van der Waals surface area contributed by atoms with E-state index in [1.165, 1.54) is 6.08 Å². The lowest BCUT2D eigenvalue weighted by Crippen LogP contribution is -2.26. The molecule has 4 rings (SSSR count). The van der Waals surface area contributed by atoms with Crippen molar-refractivity contribution in [1.29, 1.82) is 0 Å². The molecule has 0 spiro atoms. The fourth-order valence-corrected chi connectivity index (χ4v) is 3.60. The molecular weight excluding hydrogens is 454 g/mol. The predicted octanol–water partition coefficient (Wildman–Crippen LogP) is 4.76. The molecule has 0 radical (unpaired) electrons. The smallest absolute Gasteiger partial charge is 0.252 e. The minimum Gasteiger partial charge on any atom is -0.493 e. The molecule has 1 fully saturated rings. The Kier molecular flexibility index (Phi) is 7.70. The third-order valence-corrected chi connectivity index (χ3v) is 5.75. The summed E-state index contributed by atoms with van der Waals surface area (Å²) < 4.78 is 10.8. The monoisotopic (exact) mass is 483 g/mol. The molecule has 0 atom stereocenters. The number of amides is 2. The molecule has 36 heavy (non-hydrogen) atoms. The first-order valence-electron chi connectivity index (χ1n) is 11.7. The number of methoxy groups -OCH3 is 2. The van der Waals surface area contributed by atoms with Crippen LogP contribution in [0, 0.1) is 0 Å². The topological polar surface area (TPSA) is 103 Å². The number of benzene rings is 3. The lowest BCUT2D eigenvalue weighted by Gasteiger charge is -2.13. The van der Waals surface area contributed by atoms with Gasteiger partial charge in [0.2, 0.25) is 5.91 Å². The zero-order chi connectivity index (χ0) is 25.5. The number of carbonyl (C=O) groups is 2. The minimum atomic E-state index is -0.274. The van der Waals surface area contributed by atoms with Crippen molar-refractivity contribution >= 4 is 40.9 Å². The first-order valence-corrected chi connectivity index (χ1v) is 11.7. The highest BCUT2D eigenvalue weighted by Gasteiger charge is 2.25. The van der Waals surface area contributed by atoms with Gasteiger partial charge in [-0.3, -0.25) is 9.59 Å². The molecule has 2 amide bonds. The molecule has 0 unspecified atom stereocenters. The molecule has 7 nitrogen and oxygen atoms in total. The number of anilines is 2. The summed E-state index contributed by atoms with van der Waals surface area (Å²) in [7, 11) is 3.14. The number of hydrogen-bond donors (Lipinski definition) is 3. The Morgan fingerprint density at radius 2 is 1.61 bits per heavy atom. The SMILES string of the molecule is COc1ccc(/C(=C\c2ccc(/C=C/C(=O)Nc3ccccc3N)cc2)C(=O)NC2CC2)cc1OC. The summed E-state index contributed by atoms with van der Waals surface area (Å²) in [6.45, 7) is 0. The van der Waals surface area contributed by atoms with E-state index < -0.39 is 0 Å². The molecule has 0 saturated heterocycles. The Hall–Kier alpha value is -4.52. The van der Waals surface area contributed by atoms with Crippen molar-refractivity contribution < 1.29 is 19.1 Å².